The molecule has 1 aromatic heterocycles. The van der Waals surface area contributed by atoms with Crippen molar-refractivity contribution in [1.82, 2.24) is 9.88 Å². The number of nitrogens with zero attached hydrogens (tertiary/aromatic N) is 1. The average Bonchev–Trinajstić information content (AvgIpc) is 3.03. The molecule has 0 fully saturated rings. The fraction of sp³-hybridized carbons (Fsp3) is 0.306. The lowest BCUT2D eigenvalue weighted by Gasteiger charge is -2.25. The first-order valence-electron chi connectivity index (χ1n) is 14.9. The molecule has 8 nitrogen and oxygen atoms in total. The Labute approximate surface area is 268 Å². The third-order valence-electron chi connectivity index (χ3n) is 7.79. The Hall–Kier alpha value is -4.56. The molecule has 0 unspecified atom stereocenters. The fourth-order valence-electron chi connectivity index (χ4n) is 5.44. The molecule has 0 aliphatic carbocycles. The summed E-state index contributed by atoms with van der Waals surface area (Å²) >= 11 is 6.38. The summed E-state index contributed by atoms with van der Waals surface area (Å²) in [5.74, 6) is -0.253. The second kappa shape index (κ2) is 15.4. The van der Waals surface area contributed by atoms with Crippen LogP contribution in [0.25, 0.3) is 11.1 Å². The lowest BCUT2D eigenvalue weighted by Crippen LogP contribution is -2.40. The Morgan fingerprint density at radius 3 is 2.27 bits per heavy atom. The minimum Gasteiger partial charge on any atom is -0.493 e. The number of nitrogens with one attached hydrogen (secondary N) is 1. The molecule has 236 valence electrons. The number of carboxylic acids is 1. The first-order valence-corrected chi connectivity index (χ1v) is 15.3. The van der Waals surface area contributed by atoms with Crippen LogP contribution in [0.4, 0.5) is 0 Å². The van der Waals surface area contributed by atoms with Gasteiger partial charge < -0.3 is 24.5 Å². The van der Waals surface area contributed by atoms with E-state index < -0.39 is 24.0 Å². The van der Waals surface area contributed by atoms with Crippen molar-refractivity contribution in [3.63, 3.8) is 0 Å². The number of aromatic nitrogens is 1. The fourth-order valence-corrected chi connectivity index (χ4v) is 5.64. The first kappa shape index (κ1) is 33.3. The Balaban J connectivity index is 1.64. The van der Waals surface area contributed by atoms with Crippen molar-refractivity contribution in [1.29, 1.82) is 0 Å². The number of rotatable bonds is 14. The van der Waals surface area contributed by atoms with Gasteiger partial charge in [0.15, 0.2) is 11.5 Å². The molecule has 2 N–H and O–H groups in total. The number of hydrogen-bond acceptors (Lipinski definition) is 5. The van der Waals surface area contributed by atoms with Gasteiger partial charge in [-0.25, -0.2) is 0 Å². The summed E-state index contributed by atoms with van der Waals surface area (Å²) in [5.41, 5.74) is 4.33. The molecular weight excluding hydrogens is 592 g/mol. The van der Waals surface area contributed by atoms with E-state index in [0.29, 0.717) is 46.9 Å². The monoisotopic (exact) mass is 630 g/mol. The maximum Gasteiger partial charge on any atom is 0.305 e. The number of amides is 1. The third kappa shape index (κ3) is 8.34. The van der Waals surface area contributed by atoms with Crippen LogP contribution in [0.1, 0.15) is 66.9 Å². The SMILES string of the molecule is CCCC[C@H](C(=O)N[C@@H](CC(=O)O)c1ccc(-c2ccc(OC)c(OC)c2)cc1)n1cc(C)cc(Cc2ccccc2Cl)c1=O. The van der Waals surface area contributed by atoms with E-state index in [-0.39, 0.29) is 12.0 Å². The van der Waals surface area contributed by atoms with Crippen molar-refractivity contribution in [2.24, 2.45) is 0 Å². The van der Waals surface area contributed by atoms with Gasteiger partial charge in [0.25, 0.3) is 5.56 Å². The zero-order chi connectivity index (χ0) is 32.5. The van der Waals surface area contributed by atoms with Crippen molar-refractivity contribution >= 4 is 23.5 Å². The quantitative estimate of drug-likeness (QED) is 0.153. The zero-order valence-electron chi connectivity index (χ0n) is 26.0. The van der Waals surface area contributed by atoms with Gasteiger partial charge in [-0.1, -0.05) is 79.9 Å². The van der Waals surface area contributed by atoms with Crippen LogP contribution in [-0.2, 0) is 16.0 Å². The van der Waals surface area contributed by atoms with E-state index in [9.17, 15) is 19.5 Å². The van der Waals surface area contributed by atoms with Crippen LogP contribution in [-0.4, -0.2) is 35.8 Å². The van der Waals surface area contributed by atoms with Crippen molar-refractivity contribution in [2.75, 3.05) is 14.2 Å². The Kier molecular flexibility index (Phi) is 11.4. The number of aryl methyl sites for hydroxylation is 1. The number of aliphatic carboxylic acids is 1. The van der Waals surface area contributed by atoms with Gasteiger partial charge in [0.1, 0.15) is 6.04 Å². The Morgan fingerprint density at radius 1 is 0.933 bits per heavy atom. The predicted octanol–water partition coefficient (Wildman–Crippen LogP) is 7.15. The number of halogens is 1. The summed E-state index contributed by atoms with van der Waals surface area (Å²) in [5, 5.41) is 13.3. The van der Waals surface area contributed by atoms with Crippen LogP contribution in [0.5, 0.6) is 11.5 Å². The smallest absolute Gasteiger partial charge is 0.305 e. The highest BCUT2D eigenvalue weighted by Crippen LogP contribution is 2.33. The third-order valence-corrected chi connectivity index (χ3v) is 8.16. The highest BCUT2D eigenvalue weighted by Gasteiger charge is 2.27. The number of carbonyl (C=O) groups is 2. The molecule has 0 saturated carbocycles. The second-order valence-corrected chi connectivity index (χ2v) is 11.4. The summed E-state index contributed by atoms with van der Waals surface area (Å²) in [6, 6.07) is 20.5. The van der Waals surface area contributed by atoms with Crippen molar-refractivity contribution in [3.8, 4) is 22.6 Å². The first-order chi connectivity index (χ1) is 21.6. The Bertz CT molecular complexity index is 1700. The summed E-state index contributed by atoms with van der Waals surface area (Å²) < 4.78 is 12.2. The largest absolute Gasteiger partial charge is 0.493 e. The number of carboxylic acid groups (broad SMARTS) is 1. The highest BCUT2D eigenvalue weighted by atomic mass is 35.5. The molecule has 1 heterocycles. The maximum atomic E-state index is 13.9. The number of unbranched alkanes of at least 4 members (excludes halogenated alkanes) is 1. The molecule has 0 radical (unpaired) electrons. The van der Waals surface area contributed by atoms with Gasteiger partial charge in [-0.05, 0) is 65.4 Å². The molecule has 4 rings (SSSR count). The molecular formula is C36H39ClN2O6. The van der Waals surface area contributed by atoms with Gasteiger partial charge in [-0.3, -0.25) is 14.4 Å². The van der Waals surface area contributed by atoms with Crippen LogP contribution in [0.2, 0.25) is 5.02 Å². The maximum absolute atomic E-state index is 13.9. The molecule has 9 heteroatoms. The molecule has 1 amide bonds. The summed E-state index contributed by atoms with van der Waals surface area (Å²) in [4.78, 5) is 39.6. The molecule has 0 saturated heterocycles. The second-order valence-electron chi connectivity index (χ2n) is 11.0. The molecule has 45 heavy (non-hydrogen) atoms. The average molecular weight is 631 g/mol. The van der Waals surface area contributed by atoms with Gasteiger partial charge in [-0.15, -0.1) is 0 Å². The van der Waals surface area contributed by atoms with Gasteiger partial charge >= 0.3 is 5.97 Å². The standard InChI is InChI=1S/C36H39ClN2O6/c1-5-6-11-31(39-22-23(2)18-28(36(39)43)19-27-9-7-8-10-29(27)37)35(42)38-30(21-34(40)41)25-14-12-24(13-15-25)26-16-17-32(44-3)33(20-26)45-4/h7-10,12-18,20,22,30-31H,5-6,11,19,21H2,1-4H3,(H,38,42)(H,40,41)/t30-,31+/m0/s1. The normalized spacial score (nSPS) is 12.3. The molecule has 3 aromatic carbocycles. The van der Waals surface area contributed by atoms with Gasteiger partial charge in [0.05, 0.1) is 26.7 Å². The summed E-state index contributed by atoms with van der Waals surface area (Å²) in [6.07, 6.45) is 3.67. The number of pyridine rings is 1. The molecule has 0 aliphatic rings. The minimum absolute atomic E-state index is 0.272. The molecule has 0 bridgehead atoms. The highest BCUT2D eigenvalue weighted by molar-refractivity contribution is 6.31. The van der Waals surface area contributed by atoms with Crippen LogP contribution < -0.4 is 20.3 Å². The van der Waals surface area contributed by atoms with Crippen molar-refractivity contribution in [3.05, 3.63) is 117 Å². The molecule has 2 atom stereocenters. The van der Waals surface area contributed by atoms with Gasteiger partial charge in [0.2, 0.25) is 5.91 Å². The van der Waals surface area contributed by atoms with Crippen LogP contribution in [0.3, 0.4) is 0 Å². The van der Waals surface area contributed by atoms with Crippen LogP contribution in [0, 0.1) is 6.92 Å². The van der Waals surface area contributed by atoms with Crippen molar-refractivity contribution in [2.45, 2.75) is 58.0 Å². The number of benzene rings is 3. The number of methoxy groups -OCH3 is 2. The van der Waals surface area contributed by atoms with Gasteiger partial charge in [0, 0.05) is 23.2 Å². The minimum atomic E-state index is -1.05. The van der Waals surface area contributed by atoms with E-state index in [1.54, 1.807) is 26.5 Å². The number of ether oxygens (including phenoxy) is 2. The summed E-state index contributed by atoms with van der Waals surface area (Å²) in [6.45, 7) is 3.90. The molecule has 0 aliphatic heterocycles. The zero-order valence-corrected chi connectivity index (χ0v) is 26.8. The van der Waals surface area contributed by atoms with Gasteiger partial charge in [-0.2, -0.15) is 0 Å². The van der Waals surface area contributed by atoms with Crippen molar-refractivity contribution < 1.29 is 24.2 Å². The topological polar surface area (TPSA) is 107 Å². The van der Waals surface area contributed by atoms with Crippen LogP contribution in [0.15, 0.2) is 83.8 Å². The van der Waals surface area contributed by atoms with E-state index in [1.807, 2.05) is 80.6 Å². The predicted molar refractivity (Wildman–Crippen MR) is 176 cm³/mol. The number of hydrogen-bond donors (Lipinski definition) is 2. The lowest BCUT2D eigenvalue weighted by atomic mass is 9.98. The summed E-state index contributed by atoms with van der Waals surface area (Å²) in [7, 11) is 3.15. The van der Waals surface area contributed by atoms with Crippen LogP contribution >= 0.6 is 11.6 Å². The molecule has 4 aromatic rings. The molecule has 0 spiro atoms. The lowest BCUT2D eigenvalue weighted by molar-refractivity contribution is -0.138. The Morgan fingerprint density at radius 2 is 1.62 bits per heavy atom. The van der Waals surface area contributed by atoms with E-state index in [4.69, 9.17) is 21.1 Å². The van der Waals surface area contributed by atoms with E-state index >= 15 is 0 Å². The van der Waals surface area contributed by atoms with E-state index in [1.165, 1.54) is 4.57 Å². The van der Waals surface area contributed by atoms with E-state index in [2.05, 4.69) is 5.32 Å². The number of carbonyl (C=O) groups excluding carboxylic acids is 1. The van der Waals surface area contributed by atoms with E-state index in [0.717, 1.165) is 28.7 Å².